The minimum absolute atomic E-state index is 0.0286. The molecule has 2 heterocycles. The fourth-order valence-electron chi connectivity index (χ4n) is 3.42. The highest BCUT2D eigenvalue weighted by Gasteiger charge is 2.31. The summed E-state index contributed by atoms with van der Waals surface area (Å²) in [6.07, 6.45) is 2.55. The second-order valence-corrected chi connectivity index (χ2v) is 6.80. The molecule has 1 aromatic heterocycles. The van der Waals surface area contributed by atoms with Crippen molar-refractivity contribution in [3.8, 4) is 0 Å². The first kappa shape index (κ1) is 18.8. The van der Waals surface area contributed by atoms with Gasteiger partial charge in [0, 0.05) is 38.3 Å². The van der Waals surface area contributed by atoms with E-state index in [-0.39, 0.29) is 23.8 Å². The Morgan fingerprint density at radius 2 is 2.04 bits per heavy atom. The van der Waals surface area contributed by atoms with Crippen molar-refractivity contribution < 1.29 is 9.59 Å². The molecule has 1 aliphatic heterocycles. The number of carbonyl (C=O) groups excluding carboxylic acids is 2. The van der Waals surface area contributed by atoms with Crippen LogP contribution in [0.3, 0.4) is 0 Å². The maximum absolute atomic E-state index is 13.0. The summed E-state index contributed by atoms with van der Waals surface area (Å²) in [5, 5.41) is 0. The van der Waals surface area contributed by atoms with Gasteiger partial charge in [-0.1, -0.05) is 37.3 Å². The first-order chi connectivity index (χ1) is 13.0. The number of rotatable bonds is 4. The molecule has 142 valence electrons. The summed E-state index contributed by atoms with van der Waals surface area (Å²) in [5.74, 6) is 0.0714. The van der Waals surface area contributed by atoms with Crippen molar-refractivity contribution in [2.24, 2.45) is 0 Å². The fraction of sp³-hybridized carbons (Fsp3) is 0.400. The molecule has 7 heteroatoms. The molecule has 0 saturated carbocycles. The third-order valence-corrected chi connectivity index (χ3v) is 4.97. The molecule has 3 rings (SSSR count). The van der Waals surface area contributed by atoms with E-state index in [9.17, 15) is 9.59 Å². The van der Waals surface area contributed by atoms with Crippen LogP contribution in [0.15, 0.2) is 36.5 Å². The zero-order chi connectivity index (χ0) is 19.4. The molecule has 2 amide bonds. The number of hydrogen-bond acceptors (Lipinski definition) is 5. The highest BCUT2D eigenvalue weighted by Crippen LogP contribution is 2.20. The molecule has 7 nitrogen and oxygen atoms in total. The number of nitrogens with two attached hydrogens (primary N) is 1. The molecule has 2 N–H and O–H groups in total. The summed E-state index contributed by atoms with van der Waals surface area (Å²) in [6.45, 7) is 5.24. The van der Waals surface area contributed by atoms with Crippen LogP contribution < -0.4 is 5.73 Å². The minimum atomic E-state index is -0.152. The number of nitrogen functional groups attached to an aromatic ring is 1. The van der Waals surface area contributed by atoms with Crippen LogP contribution in [0.5, 0.6) is 0 Å². The number of aromatic nitrogens is 2. The van der Waals surface area contributed by atoms with Crippen LogP contribution >= 0.6 is 0 Å². The van der Waals surface area contributed by atoms with Gasteiger partial charge < -0.3 is 15.5 Å². The summed E-state index contributed by atoms with van der Waals surface area (Å²) in [4.78, 5) is 37.4. The fourth-order valence-corrected chi connectivity index (χ4v) is 3.42. The Labute approximate surface area is 159 Å². The van der Waals surface area contributed by atoms with Crippen molar-refractivity contribution in [3.05, 3.63) is 53.3 Å². The van der Waals surface area contributed by atoms with E-state index in [2.05, 4.69) is 9.97 Å². The lowest BCUT2D eigenvalue weighted by Gasteiger charge is -2.31. The first-order valence-electron chi connectivity index (χ1n) is 9.21. The van der Waals surface area contributed by atoms with Crippen molar-refractivity contribution in [2.45, 2.75) is 39.3 Å². The molecule has 1 fully saturated rings. The Bertz CT molecular complexity index is 824. The van der Waals surface area contributed by atoms with E-state index in [1.54, 1.807) is 11.8 Å². The van der Waals surface area contributed by atoms with E-state index in [4.69, 9.17) is 5.73 Å². The first-order valence-corrected chi connectivity index (χ1v) is 9.21. The Morgan fingerprint density at radius 1 is 1.30 bits per heavy atom. The lowest BCUT2D eigenvalue weighted by molar-refractivity contribution is -0.133. The summed E-state index contributed by atoms with van der Waals surface area (Å²) >= 11 is 0. The zero-order valence-electron chi connectivity index (χ0n) is 15.8. The lowest BCUT2D eigenvalue weighted by Crippen LogP contribution is -2.44. The summed E-state index contributed by atoms with van der Waals surface area (Å²) < 4.78 is 0. The average Bonchev–Trinajstić information content (AvgIpc) is 2.82. The van der Waals surface area contributed by atoms with Crippen LogP contribution in [0.4, 0.5) is 5.95 Å². The second kappa shape index (κ2) is 8.16. The van der Waals surface area contributed by atoms with Gasteiger partial charge in [0.05, 0.1) is 11.3 Å². The molecule has 27 heavy (non-hydrogen) atoms. The molecule has 1 aliphatic rings. The molecule has 1 unspecified atom stereocenters. The van der Waals surface area contributed by atoms with Crippen molar-refractivity contribution in [2.75, 3.05) is 18.8 Å². The number of anilines is 1. The maximum atomic E-state index is 13.0. The van der Waals surface area contributed by atoms with Crippen LogP contribution in [0, 0.1) is 6.92 Å². The minimum Gasteiger partial charge on any atom is -0.368 e. The second-order valence-electron chi connectivity index (χ2n) is 6.80. The van der Waals surface area contributed by atoms with Gasteiger partial charge in [-0.25, -0.2) is 9.97 Å². The predicted molar refractivity (Wildman–Crippen MR) is 103 cm³/mol. The van der Waals surface area contributed by atoms with Gasteiger partial charge in [0.25, 0.3) is 5.91 Å². The Morgan fingerprint density at radius 3 is 2.70 bits per heavy atom. The number of hydrogen-bond donors (Lipinski definition) is 1. The predicted octanol–water partition coefficient (Wildman–Crippen LogP) is 2.02. The number of aryl methyl sites for hydroxylation is 1. The van der Waals surface area contributed by atoms with E-state index in [0.717, 1.165) is 12.0 Å². The maximum Gasteiger partial charge on any atom is 0.257 e. The van der Waals surface area contributed by atoms with E-state index in [1.807, 2.05) is 42.2 Å². The SMILES string of the molecule is CCC1CN(C(=O)c2cnc(N)nc2C)CCC(=O)N1Cc1ccccc1. The van der Waals surface area contributed by atoms with Gasteiger partial charge in [-0.05, 0) is 18.9 Å². The van der Waals surface area contributed by atoms with Crippen molar-refractivity contribution in [3.63, 3.8) is 0 Å². The van der Waals surface area contributed by atoms with Crippen molar-refractivity contribution >= 4 is 17.8 Å². The molecule has 0 bridgehead atoms. The normalized spacial score (nSPS) is 17.7. The van der Waals surface area contributed by atoms with E-state index in [0.29, 0.717) is 37.3 Å². The molecular formula is C20H25N5O2. The lowest BCUT2D eigenvalue weighted by atomic mass is 10.1. The highest BCUT2D eigenvalue weighted by atomic mass is 16.2. The monoisotopic (exact) mass is 367 g/mol. The standard InChI is InChI=1S/C20H25N5O2/c1-3-16-13-24(19(27)17-11-22-20(21)23-14(17)2)10-9-18(26)25(16)12-15-7-5-4-6-8-15/h4-8,11,16H,3,9-10,12-13H2,1-2H3,(H2,21,22,23). The van der Waals surface area contributed by atoms with Crippen LogP contribution in [-0.2, 0) is 11.3 Å². The van der Waals surface area contributed by atoms with Gasteiger partial charge in [-0.15, -0.1) is 0 Å². The number of nitrogens with zero attached hydrogens (tertiary/aromatic N) is 4. The smallest absolute Gasteiger partial charge is 0.257 e. The summed E-state index contributed by atoms with van der Waals surface area (Å²) in [5.41, 5.74) is 7.66. The molecule has 0 radical (unpaired) electrons. The van der Waals surface area contributed by atoms with E-state index < -0.39 is 0 Å². The average molecular weight is 367 g/mol. The summed E-state index contributed by atoms with van der Waals surface area (Å²) in [6, 6.07) is 9.91. The van der Waals surface area contributed by atoms with Crippen LogP contribution in [-0.4, -0.2) is 50.7 Å². The van der Waals surface area contributed by atoms with Crippen LogP contribution in [0.2, 0.25) is 0 Å². The molecule has 1 aromatic carbocycles. The van der Waals surface area contributed by atoms with Crippen molar-refractivity contribution in [1.29, 1.82) is 0 Å². The van der Waals surface area contributed by atoms with E-state index >= 15 is 0 Å². The molecule has 1 atom stereocenters. The number of carbonyl (C=O) groups is 2. The van der Waals surface area contributed by atoms with E-state index in [1.165, 1.54) is 6.20 Å². The molecule has 1 saturated heterocycles. The molecule has 0 spiro atoms. The zero-order valence-corrected chi connectivity index (χ0v) is 15.8. The number of amides is 2. The van der Waals surface area contributed by atoms with Gasteiger partial charge >= 0.3 is 0 Å². The van der Waals surface area contributed by atoms with Gasteiger partial charge in [0.15, 0.2) is 0 Å². The molecular weight excluding hydrogens is 342 g/mol. The van der Waals surface area contributed by atoms with Crippen LogP contribution in [0.1, 0.15) is 41.4 Å². The third-order valence-electron chi connectivity index (χ3n) is 4.97. The van der Waals surface area contributed by atoms with Crippen molar-refractivity contribution in [1.82, 2.24) is 19.8 Å². The largest absolute Gasteiger partial charge is 0.368 e. The topological polar surface area (TPSA) is 92.4 Å². The molecule has 2 aromatic rings. The Hall–Kier alpha value is -2.96. The van der Waals surface area contributed by atoms with Gasteiger partial charge in [-0.3, -0.25) is 9.59 Å². The highest BCUT2D eigenvalue weighted by molar-refractivity contribution is 5.95. The third kappa shape index (κ3) is 4.24. The van der Waals surface area contributed by atoms with Crippen LogP contribution in [0.25, 0.3) is 0 Å². The quantitative estimate of drug-likeness (QED) is 0.892. The van der Waals surface area contributed by atoms with Gasteiger partial charge in [-0.2, -0.15) is 0 Å². The summed E-state index contributed by atoms with van der Waals surface area (Å²) in [7, 11) is 0. The van der Waals surface area contributed by atoms with Gasteiger partial charge in [0.2, 0.25) is 11.9 Å². The Balaban J connectivity index is 1.80. The molecule has 0 aliphatic carbocycles. The Kier molecular flexibility index (Phi) is 5.69. The van der Waals surface area contributed by atoms with Gasteiger partial charge in [0.1, 0.15) is 0 Å². The number of benzene rings is 1.